The standard InChI is InChI=1S/C14H11BrCl2FN/c1-8-2-3-9(11(15)4-8)7-19-10-5-12(16)14(18)13(17)6-10/h2-6,19H,7H2,1H3. The van der Waals surface area contributed by atoms with Gasteiger partial charge in [-0.1, -0.05) is 51.3 Å². The topological polar surface area (TPSA) is 12.0 Å². The maximum atomic E-state index is 13.3. The smallest absolute Gasteiger partial charge is 0.160 e. The van der Waals surface area contributed by atoms with Gasteiger partial charge >= 0.3 is 0 Å². The van der Waals surface area contributed by atoms with E-state index in [-0.39, 0.29) is 10.0 Å². The Labute approximate surface area is 129 Å². The molecule has 0 heterocycles. The van der Waals surface area contributed by atoms with Crippen LogP contribution in [-0.2, 0) is 6.54 Å². The second-order valence-electron chi connectivity index (χ2n) is 4.20. The molecule has 1 nitrogen and oxygen atoms in total. The van der Waals surface area contributed by atoms with E-state index in [1.807, 2.05) is 25.1 Å². The second kappa shape index (κ2) is 6.12. The van der Waals surface area contributed by atoms with E-state index >= 15 is 0 Å². The van der Waals surface area contributed by atoms with Crippen molar-refractivity contribution >= 4 is 44.8 Å². The fraction of sp³-hybridized carbons (Fsp3) is 0.143. The number of rotatable bonds is 3. The van der Waals surface area contributed by atoms with Gasteiger partial charge in [0.2, 0.25) is 0 Å². The molecule has 2 aromatic carbocycles. The van der Waals surface area contributed by atoms with Crippen molar-refractivity contribution in [3.8, 4) is 0 Å². The largest absolute Gasteiger partial charge is 0.381 e. The summed E-state index contributed by atoms with van der Waals surface area (Å²) in [5.41, 5.74) is 2.97. The lowest BCUT2D eigenvalue weighted by Gasteiger charge is -2.10. The summed E-state index contributed by atoms with van der Waals surface area (Å²) in [5, 5.41) is 3.19. The maximum Gasteiger partial charge on any atom is 0.160 e. The molecule has 0 radical (unpaired) electrons. The van der Waals surface area contributed by atoms with Crippen molar-refractivity contribution in [1.29, 1.82) is 0 Å². The van der Waals surface area contributed by atoms with Gasteiger partial charge in [0.15, 0.2) is 5.82 Å². The van der Waals surface area contributed by atoms with E-state index in [1.54, 1.807) is 0 Å². The van der Waals surface area contributed by atoms with Crippen molar-refractivity contribution in [3.63, 3.8) is 0 Å². The van der Waals surface area contributed by atoms with Crippen molar-refractivity contribution in [3.05, 3.63) is 61.8 Å². The summed E-state index contributed by atoms with van der Waals surface area (Å²) < 4.78 is 14.3. The molecular weight excluding hydrogens is 352 g/mol. The third kappa shape index (κ3) is 3.62. The van der Waals surface area contributed by atoms with E-state index in [2.05, 4.69) is 21.2 Å². The van der Waals surface area contributed by atoms with Crippen molar-refractivity contribution in [1.82, 2.24) is 0 Å². The molecule has 2 rings (SSSR count). The normalized spacial score (nSPS) is 10.6. The average molecular weight is 363 g/mol. The van der Waals surface area contributed by atoms with E-state index in [4.69, 9.17) is 23.2 Å². The first kappa shape index (κ1) is 14.6. The number of hydrogen-bond acceptors (Lipinski definition) is 1. The Balaban J connectivity index is 2.14. The molecule has 0 bridgehead atoms. The molecule has 100 valence electrons. The summed E-state index contributed by atoms with van der Waals surface area (Å²) in [6.07, 6.45) is 0. The van der Waals surface area contributed by atoms with Crippen LogP contribution in [0.1, 0.15) is 11.1 Å². The molecule has 0 aliphatic heterocycles. The van der Waals surface area contributed by atoms with Gasteiger partial charge in [-0.05, 0) is 36.2 Å². The molecule has 19 heavy (non-hydrogen) atoms. The van der Waals surface area contributed by atoms with E-state index in [9.17, 15) is 4.39 Å². The Morgan fingerprint density at radius 3 is 2.37 bits per heavy atom. The molecule has 0 aliphatic rings. The van der Waals surface area contributed by atoms with Gasteiger partial charge < -0.3 is 5.32 Å². The third-order valence-electron chi connectivity index (χ3n) is 2.68. The summed E-state index contributed by atoms with van der Waals surface area (Å²) in [4.78, 5) is 0. The molecule has 0 unspecified atom stereocenters. The van der Waals surface area contributed by atoms with Crippen LogP contribution in [0.2, 0.25) is 10.0 Å². The van der Waals surface area contributed by atoms with Crippen LogP contribution in [0.5, 0.6) is 0 Å². The van der Waals surface area contributed by atoms with Crippen LogP contribution >= 0.6 is 39.1 Å². The van der Waals surface area contributed by atoms with Gasteiger partial charge in [-0.2, -0.15) is 0 Å². The highest BCUT2D eigenvalue weighted by Crippen LogP contribution is 2.28. The SMILES string of the molecule is Cc1ccc(CNc2cc(Cl)c(F)c(Cl)c2)c(Br)c1. The molecule has 0 aromatic heterocycles. The van der Waals surface area contributed by atoms with E-state index in [0.29, 0.717) is 12.2 Å². The lowest BCUT2D eigenvalue weighted by atomic mass is 10.1. The predicted octanol–water partition coefficient (Wildman–Crippen LogP) is 5.82. The molecular formula is C14H11BrCl2FN. The van der Waals surface area contributed by atoms with Crippen LogP contribution in [0.4, 0.5) is 10.1 Å². The maximum absolute atomic E-state index is 13.3. The molecule has 0 atom stereocenters. The fourth-order valence-corrected chi connectivity index (χ4v) is 2.77. The zero-order valence-electron chi connectivity index (χ0n) is 10.1. The molecule has 2 aromatic rings. The van der Waals surface area contributed by atoms with Crippen LogP contribution in [0.25, 0.3) is 0 Å². The van der Waals surface area contributed by atoms with Gasteiger partial charge in [0.05, 0.1) is 10.0 Å². The summed E-state index contributed by atoms with van der Waals surface area (Å²) in [6.45, 7) is 2.63. The van der Waals surface area contributed by atoms with Crippen molar-refractivity contribution < 1.29 is 4.39 Å². The highest BCUT2D eigenvalue weighted by atomic mass is 79.9. The first-order chi connectivity index (χ1) is 8.97. The average Bonchev–Trinajstić information content (AvgIpc) is 2.34. The van der Waals surface area contributed by atoms with E-state index < -0.39 is 5.82 Å². The Bertz CT molecular complexity index is 593. The van der Waals surface area contributed by atoms with E-state index in [0.717, 1.165) is 10.0 Å². The number of anilines is 1. The molecule has 5 heteroatoms. The first-order valence-electron chi connectivity index (χ1n) is 5.61. The van der Waals surface area contributed by atoms with Crippen LogP contribution < -0.4 is 5.32 Å². The zero-order valence-corrected chi connectivity index (χ0v) is 13.2. The summed E-state index contributed by atoms with van der Waals surface area (Å²) in [5.74, 6) is -0.592. The van der Waals surface area contributed by atoms with Gasteiger partial charge in [-0.3, -0.25) is 0 Å². The molecule has 1 N–H and O–H groups in total. The van der Waals surface area contributed by atoms with Gasteiger partial charge in [0, 0.05) is 16.7 Å². The second-order valence-corrected chi connectivity index (χ2v) is 5.87. The molecule has 0 amide bonds. The number of hydrogen-bond donors (Lipinski definition) is 1. The van der Waals surface area contributed by atoms with Crippen LogP contribution in [-0.4, -0.2) is 0 Å². The van der Waals surface area contributed by atoms with Crippen LogP contribution in [0, 0.1) is 12.7 Å². The monoisotopic (exact) mass is 361 g/mol. The number of benzene rings is 2. The highest BCUT2D eigenvalue weighted by Gasteiger charge is 2.08. The predicted molar refractivity (Wildman–Crippen MR) is 82.6 cm³/mol. The fourth-order valence-electron chi connectivity index (χ4n) is 1.65. The zero-order chi connectivity index (χ0) is 14.0. The van der Waals surface area contributed by atoms with Crippen molar-refractivity contribution in [2.24, 2.45) is 0 Å². The van der Waals surface area contributed by atoms with Crippen LogP contribution in [0.15, 0.2) is 34.8 Å². The van der Waals surface area contributed by atoms with Gasteiger partial charge in [0.1, 0.15) is 0 Å². The lowest BCUT2D eigenvalue weighted by molar-refractivity contribution is 0.629. The minimum Gasteiger partial charge on any atom is -0.381 e. The summed E-state index contributed by atoms with van der Waals surface area (Å²) >= 11 is 15.0. The van der Waals surface area contributed by atoms with Crippen molar-refractivity contribution in [2.45, 2.75) is 13.5 Å². The summed E-state index contributed by atoms with van der Waals surface area (Å²) in [7, 11) is 0. The Kier molecular flexibility index (Phi) is 4.71. The minimum atomic E-state index is -0.592. The number of aryl methyl sites for hydroxylation is 1. The Morgan fingerprint density at radius 1 is 1.16 bits per heavy atom. The third-order valence-corrected chi connectivity index (χ3v) is 3.96. The molecule has 0 aliphatic carbocycles. The van der Waals surface area contributed by atoms with Crippen LogP contribution in [0.3, 0.4) is 0 Å². The van der Waals surface area contributed by atoms with Gasteiger partial charge in [-0.15, -0.1) is 0 Å². The highest BCUT2D eigenvalue weighted by molar-refractivity contribution is 9.10. The molecule has 0 spiro atoms. The van der Waals surface area contributed by atoms with Gasteiger partial charge in [0.25, 0.3) is 0 Å². The van der Waals surface area contributed by atoms with Crippen molar-refractivity contribution in [2.75, 3.05) is 5.32 Å². The quantitative estimate of drug-likeness (QED) is 0.678. The van der Waals surface area contributed by atoms with E-state index in [1.165, 1.54) is 17.7 Å². The molecule has 0 fully saturated rings. The first-order valence-corrected chi connectivity index (χ1v) is 7.15. The minimum absolute atomic E-state index is 0.0120. The summed E-state index contributed by atoms with van der Waals surface area (Å²) in [6, 6.07) is 9.14. The Hall–Kier alpha value is -0.770. The Morgan fingerprint density at radius 2 is 1.79 bits per heavy atom. The molecule has 0 saturated carbocycles. The number of nitrogens with one attached hydrogen (secondary N) is 1. The number of halogens is 4. The molecule has 0 saturated heterocycles. The lowest BCUT2D eigenvalue weighted by Crippen LogP contribution is -2.01. The van der Waals surface area contributed by atoms with Gasteiger partial charge in [-0.25, -0.2) is 4.39 Å².